The van der Waals surface area contributed by atoms with Crippen LogP contribution in [-0.2, 0) is 6.61 Å². The molecule has 0 fully saturated rings. The molecular weight excluding hydrogens is 253 g/mol. The smallest absolute Gasteiger partial charge is 0.174 e. The summed E-state index contributed by atoms with van der Waals surface area (Å²) in [7, 11) is 0. The zero-order valence-corrected chi connectivity index (χ0v) is 10.1. The van der Waals surface area contributed by atoms with Gasteiger partial charge < -0.3 is 4.74 Å². The molecule has 2 rings (SSSR count). The molecule has 2 aromatic rings. The van der Waals surface area contributed by atoms with Crippen LogP contribution >= 0.6 is 11.6 Å². The fraction of sp³-hybridized carbons (Fsp3) is 0.0714. The molecule has 0 spiro atoms. The van der Waals surface area contributed by atoms with Crippen LogP contribution in [0.4, 0.5) is 4.39 Å². The number of hydrogen-bond donors (Lipinski definition) is 0. The minimum absolute atomic E-state index is 0.0449. The van der Waals surface area contributed by atoms with Crippen molar-refractivity contribution in [2.24, 2.45) is 0 Å². The van der Waals surface area contributed by atoms with Gasteiger partial charge in [0, 0.05) is 0 Å². The summed E-state index contributed by atoms with van der Waals surface area (Å²) >= 11 is 5.84. The number of rotatable bonds is 3. The van der Waals surface area contributed by atoms with Gasteiger partial charge >= 0.3 is 0 Å². The van der Waals surface area contributed by atoms with Gasteiger partial charge in [-0.3, -0.25) is 0 Å². The van der Waals surface area contributed by atoms with Gasteiger partial charge in [0.05, 0.1) is 16.7 Å². The van der Waals surface area contributed by atoms with E-state index in [1.54, 1.807) is 30.3 Å². The van der Waals surface area contributed by atoms with Crippen LogP contribution in [0, 0.1) is 17.1 Å². The van der Waals surface area contributed by atoms with E-state index in [9.17, 15) is 4.39 Å². The molecule has 0 unspecified atom stereocenters. The van der Waals surface area contributed by atoms with Crippen molar-refractivity contribution in [3.05, 3.63) is 64.4 Å². The standard InChI is InChI=1S/C14H9ClFNO/c15-12-2-1-3-13(16)14(12)18-9-11-6-4-10(8-17)5-7-11/h1-7H,9H2. The number of hydrogen-bond acceptors (Lipinski definition) is 2. The van der Waals surface area contributed by atoms with Crippen LogP contribution in [0.1, 0.15) is 11.1 Å². The van der Waals surface area contributed by atoms with Crippen LogP contribution < -0.4 is 4.74 Å². The van der Waals surface area contributed by atoms with E-state index in [1.165, 1.54) is 12.1 Å². The molecule has 0 aliphatic rings. The molecule has 0 aliphatic carbocycles. The third-order valence-corrected chi connectivity index (χ3v) is 2.68. The lowest BCUT2D eigenvalue weighted by atomic mass is 10.2. The molecule has 0 heterocycles. The second kappa shape index (κ2) is 5.52. The summed E-state index contributed by atoms with van der Waals surface area (Å²) in [6.45, 7) is 0.201. The van der Waals surface area contributed by atoms with E-state index in [0.29, 0.717) is 5.56 Å². The number of halogens is 2. The molecule has 0 saturated heterocycles. The first-order chi connectivity index (χ1) is 8.70. The summed E-state index contributed by atoms with van der Waals surface area (Å²) < 4.78 is 18.8. The van der Waals surface area contributed by atoms with Crippen molar-refractivity contribution in [1.82, 2.24) is 0 Å². The van der Waals surface area contributed by atoms with E-state index in [1.807, 2.05) is 6.07 Å². The average molecular weight is 262 g/mol. The van der Waals surface area contributed by atoms with Crippen LogP contribution in [0.15, 0.2) is 42.5 Å². The summed E-state index contributed by atoms with van der Waals surface area (Å²) in [6.07, 6.45) is 0. The summed E-state index contributed by atoms with van der Waals surface area (Å²) in [5.41, 5.74) is 1.41. The van der Waals surface area contributed by atoms with E-state index >= 15 is 0 Å². The molecule has 0 bridgehead atoms. The summed E-state index contributed by atoms with van der Waals surface area (Å²) in [5.74, 6) is -0.445. The predicted octanol–water partition coefficient (Wildman–Crippen LogP) is 3.93. The van der Waals surface area contributed by atoms with Crippen LogP contribution in [0.3, 0.4) is 0 Å². The second-order valence-corrected chi connectivity index (χ2v) is 4.06. The SMILES string of the molecule is N#Cc1ccc(COc2c(F)cccc2Cl)cc1. The highest BCUT2D eigenvalue weighted by Crippen LogP contribution is 2.27. The Labute approximate surface area is 109 Å². The molecular formula is C14H9ClFNO. The van der Waals surface area contributed by atoms with Gasteiger partial charge in [0.2, 0.25) is 0 Å². The highest BCUT2D eigenvalue weighted by Gasteiger charge is 2.08. The van der Waals surface area contributed by atoms with E-state index in [4.69, 9.17) is 21.6 Å². The number of para-hydroxylation sites is 1. The molecule has 0 N–H and O–H groups in total. The zero-order valence-electron chi connectivity index (χ0n) is 9.36. The van der Waals surface area contributed by atoms with E-state index in [2.05, 4.69) is 0 Å². The highest BCUT2D eigenvalue weighted by atomic mass is 35.5. The molecule has 0 atom stereocenters. The van der Waals surface area contributed by atoms with E-state index < -0.39 is 5.82 Å². The van der Waals surface area contributed by atoms with Crippen LogP contribution in [0.5, 0.6) is 5.75 Å². The maximum Gasteiger partial charge on any atom is 0.174 e. The van der Waals surface area contributed by atoms with Gasteiger partial charge in [-0.25, -0.2) is 4.39 Å². The summed E-state index contributed by atoms with van der Waals surface area (Å²) in [4.78, 5) is 0. The quantitative estimate of drug-likeness (QED) is 0.839. The lowest BCUT2D eigenvalue weighted by Crippen LogP contribution is -1.98. The Morgan fingerprint density at radius 1 is 1.17 bits per heavy atom. The van der Waals surface area contributed by atoms with Crippen molar-refractivity contribution in [3.8, 4) is 11.8 Å². The number of ether oxygens (including phenoxy) is 1. The minimum atomic E-state index is -0.490. The fourth-order valence-corrected chi connectivity index (χ4v) is 1.67. The Morgan fingerprint density at radius 3 is 2.50 bits per heavy atom. The molecule has 2 nitrogen and oxygen atoms in total. The van der Waals surface area contributed by atoms with Crippen molar-refractivity contribution < 1.29 is 9.13 Å². The van der Waals surface area contributed by atoms with Crippen molar-refractivity contribution in [3.63, 3.8) is 0 Å². The predicted molar refractivity (Wildman–Crippen MR) is 66.9 cm³/mol. The van der Waals surface area contributed by atoms with Crippen molar-refractivity contribution in [2.75, 3.05) is 0 Å². The molecule has 0 aromatic heterocycles. The number of nitrogens with zero attached hydrogens (tertiary/aromatic N) is 1. The molecule has 0 radical (unpaired) electrons. The van der Waals surface area contributed by atoms with Gasteiger partial charge in [0.25, 0.3) is 0 Å². The Balaban J connectivity index is 2.09. The van der Waals surface area contributed by atoms with Crippen molar-refractivity contribution in [2.45, 2.75) is 6.61 Å². The summed E-state index contributed by atoms with van der Waals surface area (Å²) in [5, 5.41) is 8.90. The zero-order chi connectivity index (χ0) is 13.0. The van der Waals surface area contributed by atoms with Crippen molar-refractivity contribution >= 4 is 11.6 Å². The van der Waals surface area contributed by atoms with Gasteiger partial charge in [-0.15, -0.1) is 0 Å². The topological polar surface area (TPSA) is 33.0 Å². The molecule has 2 aromatic carbocycles. The number of nitriles is 1. The van der Waals surface area contributed by atoms with Gasteiger partial charge in [-0.05, 0) is 29.8 Å². The molecule has 4 heteroatoms. The minimum Gasteiger partial charge on any atom is -0.484 e. The molecule has 0 aliphatic heterocycles. The number of benzene rings is 2. The molecule has 0 saturated carbocycles. The first-order valence-corrected chi connectivity index (χ1v) is 5.64. The Bertz CT molecular complexity index is 569. The van der Waals surface area contributed by atoms with Crippen LogP contribution in [0.2, 0.25) is 5.02 Å². The van der Waals surface area contributed by atoms with Crippen LogP contribution in [0.25, 0.3) is 0 Å². The third kappa shape index (κ3) is 2.79. The Kier molecular flexibility index (Phi) is 3.81. The van der Waals surface area contributed by atoms with Gasteiger partial charge in [-0.2, -0.15) is 5.26 Å². The maximum atomic E-state index is 13.4. The average Bonchev–Trinajstić information content (AvgIpc) is 2.39. The molecule has 90 valence electrons. The fourth-order valence-electron chi connectivity index (χ4n) is 1.45. The lowest BCUT2D eigenvalue weighted by molar-refractivity contribution is 0.290. The molecule has 0 amide bonds. The highest BCUT2D eigenvalue weighted by molar-refractivity contribution is 6.32. The largest absolute Gasteiger partial charge is 0.484 e. The summed E-state index contributed by atoms with van der Waals surface area (Å²) in [6, 6.07) is 13.3. The van der Waals surface area contributed by atoms with Gasteiger partial charge in [0.15, 0.2) is 11.6 Å². The van der Waals surface area contributed by atoms with Gasteiger partial charge in [-0.1, -0.05) is 29.8 Å². The second-order valence-electron chi connectivity index (χ2n) is 3.65. The van der Waals surface area contributed by atoms with E-state index in [-0.39, 0.29) is 17.4 Å². The maximum absolute atomic E-state index is 13.4. The Hall–Kier alpha value is -2.05. The first kappa shape index (κ1) is 12.4. The van der Waals surface area contributed by atoms with Crippen molar-refractivity contribution in [1.29, 1.82) is 5.26 Å². The molecule has 18 heavy (non-hydrogen) atoms. The van der Waals surface area contributed by atoms with Crippen LogP contribution in [-0.4, -0.2) is 0 Å². The monoisotopic (exact) mass is 261 g/mol. The van der Waals surface area contributed by atoms with Gasteiger partial charge in [0.1, 0.15) is 6.61 Å². The lowest BCUT2D eigenvalue weighted by Gasteiger charge is -2.08. The first-order valence-electron chi connectivity index (χ1n) is 5.26. The van der Waals surface area contributed by atoms with E-state index in [0.717, 1.165) is 5.56 Å². The Morgan fingerprint density at radius 2 is 1.89 bits per heavy atom. The normalized spacial score (nSPS) is 9.83. The third-order valence-electron chi connectivity index (χ3n) is 2.39.